The van der Waals surface area contributed by atoms with Crippen LogP contribution < -0.4 is 5.32 Å². The summed E-state index contributed by atoms with van der Waals surface area (Å²) in [5.74, 6) is 0. The number of thiophene rings is 1. The van der Waals surface area contributed by atoms with Gasteiger partial charge in [-0.25, -0.2) is 8.42 Å². The third-order valence-corrected chi connectivity index (χ3v) is 6.73. The van der Waals surface area contributed by atoms with E-state index in [1.807, 2.05) is 11.3 Å². The summed E-state index contributed by atoms with van der Waals surface area (Å²) >= 11 is 1.85. The summed E-state index contributed by atoms with van der Waals surface area (Å²) in [5.41, 5.74) is 1.44. The molecule has 1 aliphatic heterocycles. The van der Waals surface area contributed by atoms with Gasteiger partial charge in [0, 0.05) is 30.1 Å². The van der Waals surface area contributed by atoms with Gasteiger partial charge in [0.1, 0.15) is 0 Å². The molecule has 0 aromatic carbocycles. The molecule has 20 heavy (non-hydrogen) atoms. The molecule has 0 bridgehead atoms. The molecule has 0 spiro atoms. The smallest absolute Gasteiger partial charge is 0.211 e. The monoisotopic (exact) mass is 314 g/mol. The molecule has 1 fully saturated rings. The summed E-state index contributed by atoms with van der Waals surface area (Å²) in [7, 11) is -3.06. The van der Waals surface area contributed by atoms with Crippen molar-refractivity contribution < 1.29 is 8.42 Å². The number of aryl methyl sites for hydroxylation is 1. The molecule has 0 amide bonds. The van der Waals surface area contributed by atoms with E-state index in [-0.39, 0.29) is 6.04 Å². The largest absolute Gasteiger partial charge is 0.308 e. The minimum Gasteiger partial charge on any atom is -0.308 e. The van der Waals surface area contributed by atoms with Crippen molar-refractivity contribution in [2.75, 3.05) is 19.3 Å². The molecule has 2 aliphatic rings. The van der Waals surface area contributed by atoms with Crippen LogP contribution in [0.25, 0.3) is 0 Å². The van der Waals surface area contributed by atoms with Crippen LogP contribution >= 0.6 is 11.3 Å². The highest BCUT2D eigenvalue weighted by Gasteiger charge is 2.32. The van der Waals surface area contributed by atoms with Gasteiger partial charge in [-0.2, -0.15) is 4.31 Å². The highest BCUT2D eigenvalue weighted by atomic mass is 32.2. The predicted octanol–water partition coefficient (Wildman–Crippen LogP) is 2.14. The molecule has 1 saturated heterocycles. The Morgan fingerprint density at radius 1 is 1.40 bits per heavy atom. The number of fused-ring (bicyclic) bond motifs is 1. The molecule has 1 aromatic heterocycles. The molecule has 0 radical (unpaired) electrons. The van der Waals surface area contributed by atoms with E-state index in [0.717, 1.165) is 25.8 Å². The fourth-order valence-electron chi connectivity index (χ4n) is 3.43. The van der Waals surface area contributed by atoms with Crippen LogP contribution in [-0.4, -0.2) is 38.1 Å². The molecule has 2 atom stereocenters. The quantitative estimate of drug-likeness (QED) is 0.926. The fourth-order valence-corrected chi connectivity index (χ4v) is 5.60. The number of rotatable bonds is 4. The van der Waals surface area contributed by atoms with Crippen molar-refractivity contribution in [3.8, 4) is 0 Å². The first-order chi connectivity index (χ1) is 9.55. The second-order valence-corrected chi connectivity index (χ2v) is 8.76. The first-order valence-corrected chi connectivity index (χ1v) is 10.0. The SMILES string of the molecule is CS(=O)(=O)N1CCC[C@@H]1CN[C@H]1CCCc2sccc21. The Kier molecular flexibility index (Phi) is 4.17. The summed E-state index contributed by atoms with van der Waals surface area (Å²) in [4.78, 5) is 1.50. The van der Waals surface area contributed by atoms with Gasteiger partial charge in [0.05, 0.1) is 6.26 Å². The maximum Gasteiger partial charge on any atom is 0.211 e. The van der Waals surface area contributed by atoms with E-state index in [1.165, 1.54) is 29.5 Å². The molecular formula is C14H22N2O2S2. The first-order valence-electron chi connectivity index (χ1n) is 7.32. The molecule has 2 heterocycles. The maximum atomic E-state index is 11.8. The summed E-state index contributed by atoms with van der Waals surface area (Å²) in [6, 6.07) is 2.76. The third kappa shape index (κ3) is 2.93. The van der Waals surface area contributed by atoms with Crippen LogP contribution in [0.2, 0.25) is 0 Å². The summed E-state index contributed by atoms with van der Waals surface area (Å²) < 4.78 is 25.2. The second-order valence-electron chi connectivity index (χ2n) is 5.82. The summed E-state index contributed by atoms with van der Waals surface area (Å²) in [6.45, 7) is 1.45. The van der Waals surface area contributed by atoms with Gasteiger partial charge >= 0.3 is 0 Å². The summed E-state index contributed by atoms with van der Waals surface area (Å²) in [6.07, 6.45) is 6.87. The van der Waals surface area contributed by atoms with Crippen molar-refractivity contribution >= 4 is 21.4 Å². The van der Waals surface area contributed by atoms with Crippen molar-refractivity contribution in [3.05, 3.63) is 21.9 Å². The van der Waals surface area contributed by atoms with Crippen LogP contribution in [0.4, 0.5) is 0 Å². The number of hydrogen-bond donors (Lipinski definition) is 1. The van der Waals surface area contributed by atoms with E-state index in [2.05, 4.69) is 16.8 Å². The van der Waals surface area contributed by atoms with Crippen LogP contribution in [-0.2, 0) is 16.4 Å². The Balaban J connectivity index is 1.63. The molecule has 0 saturated carbocycles. The third-order valence-electron chi connectivity index (χ3n) is 4.40. The van der Waals surface area contributed by atoms with Crippen molar-refractivity contribution in [3.63, 3.8) is 0 Å². The topological polar surface area (TPSA) is 49.4 Å². The van der Waals surface area contributed by atoms with Crippen molar-refractivity contribution in [2.45, 2.75) is 44.2 Å². The standard InChI is InChI=1S/C14H22N2O2S2/c1-20(17,18)16-8-3-4-11(16)10-15-13-5-2-6-14-12(13)7-9-19-14/h7,9,11,13,15H,2-6,8,10H2,1H3/t11-,13+/m1/s1. The van der Waals surface area contributed by atoms with Gasteiger partial charge in [0.15, 0.2) is 0 Å². The average molecular weight is 314 g/mol. The zero-order valence-electron chi connectivity index (χ0n) is 11.8. The minimum atomic E-state index is -3.06. The molecule has 3 rings (SSSR count). The van der Waals surface area contributed by atoms with Gasteiger partial charge in [0.2, 0.25) is 10.0 Å². The number of hydrogen-bond acceptors (Lipinski definition) is 4. The first kappa shape index (κ1) is 14.5. The summed E-state index contributed by atoms with van der Waals surface area (Å²) in [5, 5.41) is 5.78. The van der Waals surface area contributed by atoms with E-state index in [4.69, 9.17) is 0 Å². The van der Waals surface area contributed by atoms with Gasteiger partial charge < -0.3 is 5.32 Å². The van der Waals surface area contributed by atoms with Crippen LogP contribution in [0.5, 0.6) is 0 Å². The molecule has 0 unspecified atom stereocenters. The lowest BCUT2D eigenvalue weighted by Crippen LogP contribution is -2.42. The highest BCUT2D eigenvalue weighted by molar-refractivity contribution is 7.88. The maximum absolute atomic E-state index is 11.8. The minimum absolute atomic E-state index is 0.133. The molecule has 1 aliphatic carbocycles. The molecule has 1 aromatic rings. The van der Waals surface area contributed by atoms with Crippen molar-refractivity contribution in [1.29, 1.82) is 0 Å². The lowest BCUT2D eigenvalue weighted by atomic mass is 9.94. The molecule has 1 N–H and O–H groups in total. The molecule has 6 heteroatoms. The Bertz CT molecular complexity index is 567. The zero-order chi connectivity index (χ0) is 14.2. The van der Waals surface area contributed by atoms with E-state index in [9.17, 15) is 8.42 Å². The normalized spacial score (nSPS) is 27.6. The number of nitrogens with zero attached hydrogens (tertiary/aromatic N) is 1. The van der Waals surface area contributed by atoms with E-state index < -0.39 is 10.0 Å². The van der Waals surface area contributed by atoms with Gasteiger partial charge in [-0.05, 0) is 49.1 Å². The van der Waals surface area contributed by atoms with E-state index >= 15 is 0 Å². The molecule has 4 nitrogen and oxygen atoms in total. The lowest BCUT2D eigenvalue weighted by molar-refractivity contribution is 0.349. The highest BCUT2D eigenvalue weighted by Crippen LogP contribution is 2.33. The molecular weight excluding hydrogens is 292 g/mol. The predicted molar refractivity (Wildman–Crippen MR) is 82.6 cm³/mol. The van der Waals surface area contributed by atoms with Gasteiger partial charge in [0.25, 0.3) is 0 Å². The Morgan fingerprint density at radius 3 is 3.05 bits per heavy atom. The van der Waals surface area contributed by atoms with E-state index in [1.54, 1.807) is 4.31 Å². The van der Waals surface area contributed by atoms with Gasteiger partial charge in [-0.3, -0.25) is 0 Å². The van der Waals surface area contributed by atoms with Gasteiger partial charge in [-0.1, -0.05) is 0 Å². The number of sulfonamides is 1. The zero-order valence-corrected chi connectivity index (χ0v) is 13.5. The fraction of sp³-hybridized carbons (Fsp3) is 0.714. The lowest BCUT2D eigenvalue weighted by Gasteiger charge is -2.28. The van der Waals surface area contributed by atoms with E-state index in [0.29, 0.717) is 12.6 Å². The van der Waals surface area contributed by atoms with Crippen LogP contribution in [0.3, 0.4) is 0 Å². The van der Waals surface area contributed by atoms with Crippen LogP contribution in [0, 0.1) is 0 Å². The van der Waals surface area contributed by atoms with Crippen molar-refractivity contribution in [1.82, 2.24) is 9.62 Å². The average Bonchev–Trinajstić information content (AvgIpc) is 3.04. The van der Waals surface area contributed by atoms with Crippen LogP contribution in [0.15, 0.2) is 11.4 Å². The van der Waals surface area contributed by atoms with Crippen LogP contribution in [0.1, 0.15) is 42.2 Å². The van der Waals surface area contributed by atoms with Crippen molar-refractivity contribution in [2.24, 2.45) is 0 Å². The second kappa shape index (κ2) is 5.75. The Labute approximate surface area is 125 Å². The number of nitrogens with one attached hydrogen (secondary N) is 1. The van der Waals surface area contributed by atoms with Gasteiger partial charge in [-0.15, -0.1) is 11.3 Å². The molecule has 112 valence electrons. The Morgan fingerprint density at radius 2 is 2.25 bits per heavy atom. The Hall–Kier alpha value is -0.430.